The molecule has 1 aromatic carbocycles. The average molecular weight is 307 g/mol. The van der Waals surface area contributed by atoms with Gasteiger partial charge < -0.3 is 25.8 Å². The van der Waals surface area contributed by atoms with E-state index in [2.05, 4.69) is 17.2 Å². The minimum absolute atomic E-state index is 0.382. The van der Waals surface area contributed by atoms with Crippen molar-refractivity contribution < 1.29 is 14.3 Å². The van der Waals surface area contributed by atoms with E-state index in [1.165, 1.54) is 7.11 Å². The number of amides is 1. The Balaban J connectivity index is 2.53. The molecule has 1 heterocycles. The maximum atomic E-state index is 11.8. The molecule has 21 heavy (non-hydrogen) atoms. The fraction of sp³-hybridized carbons (Fsp3) is 0.286. The largest absolute Gasteiger partial charge is 0.493 e. The molecule has 0 aliphatic carbocycles. The number of thiocarbonyl (C=S) groups is 1. The van der Waals surface area contributed by atoms with Crippen molar-refractivity contribution in [3.63, 3.8) is 0 Å². The Bertz CT molecular complexity index is 603. The summed E-state index contributed by atoms with van der Waals surface area (Å²) in [5.74, 6) is -0.0635. The van der Waals surface area contributed by atoms with Crippen molar-refractivity contribution in [2.45, 2.75) is 6.04 Å². The smallest absolute Gasteiger partial charge is 0.228 e. The number of carbonyl (C=O) groups is 1. The van der Waals surface area contributed by atoms with Crippen molar-refractivity contribution in [1.29, 1.82) is 0 Å². The fourth-order valence-electron chi connectivity index (χ4n) is 2.44. The van der Waals surface area contributed by atoms with Gasteiger partial charge in [0.25, 0.3) is 0 Å². The number of benzene rings is 1. The lowest BCUT2D eigenvalue weighted by Crippen LogP contribution is -2.52. The predicted molar refractivity (Wildman–Crippen MR) is 83.0 cm³/mol. The molecule has 0 bridgehead atoms. The zero-order chi connectivity index (χ0) is 15.6. The van der Waals surface area contributed by atoms with Gasteiger partial charge in [-0.15, -0.1) is 0 Å². The van der Waals surface area contributed by atoms with Crippen molar-refractivity contribution in [2.75, 3.05) is 14.2 Å². The van der Waals surface area contributed by atoms with Crippen LogP contribution in [0.5, 0.6) is 11.5 Å². The number of carbonyl (C=O) groups excluding carboxylic acids is 1. The van der Waals surface area contributed by atoms with Gasteiger partial charge in [-0.1, -0.05) is 18.7 Å². The molecular weight excluding hydrogens is 290 g/mol. The predicted octanol–water partition coefficient (Wildman–Crippen LogP) is 0.838. The topological polar surface area (TPSA) is 85.6 Å². The molecule has 2 unspecified atom stereocenters. The van der Waals surface area contributed by atoms with Gasteiger partial charge in [0, 0.05) is 11.3 Å². The summed E-state index contributed by atoms with van der Waals surface area (Å²) in [5.41, 5.74) is 6.68. The number of methoxy groups -OCH3 is 2. The van der Waals surface area contributed by atoms with Crippen LogP contribution in [0.25, 0.3) is 0 Å². The van der Waals surface area contributed by atoms with E-state index in [0.29, 0.717) is 22.3 Å². The summed E-state index contributed by atoms with van der Waals surface area (Å²) in [6.07, 6.45) is 0. The van der Waals surface area contributed by atoms with Crippen LogP contribution in [0.1, 0.15) is 11.6 Å². The van der Waals surface area contributed by atoms with Gasteiger partial charge >= 0.3 is 0 Å². The number of para-hydroxylation sites is 1. The van der Waals surface area contributed by atoms with Crippen LogP contribution in [0.4, 0.5) is 0 Å². The first kappa shape index (κ1) is 15.1. The third-order valence-corrected chi connectivity index (χ3v) is 3.56. The zero-order valence-electron chi connectivity index (χ0n) is 11.8. The van der Waals surface area contributed by atoms with Gasteiger partial charge in [0.1, 0.15) is 5.92 Å². The van der Waals surface area contributed by atoms with E-state index in [9.17, 15) is 4.79 Å². The van der Waals surface area contributed by atoms with E-state index in [0.717, 1.165) is 5.56 Å². The second-order valence-corrected chi connectivity index (χ2v) is 4.97. The molecule has 0 radical (unpaired) electrons. The molecule has 1 aliphatic heterocycles. The van der Waals surface area contributed by atoms with Crippen molar-refractivity contribution in [1.82, 2.24) is 10.6 Å². The van der Waals surface area contributed by atoms with Crippen molar-refractivity contribution in [2.24, 2.45) is 11.7 Å². The number of nitrogens with two attached hydrogens (primary N) is 1. The Morgan fingerprint density at radius 3 is 2.67 bits per heavy atom. The average Bonchev–Trinajstić information content (AvgIpc) is 2.44. The molecule has 1 saturated heterocycles. The number of hydrogen-bond acceptors (Lipinski definition) is 4. The standard InChI is InChI=1S/C14H17N3O3S/c1-7-10(13(15)18)11(17-14(21)16-7)8-5-4-6-9(19-2)12(8)20-3/h4-6,10-11H,1H2,2-3H3,(H2,15,18)(H2,16,17,21). The molecule has 112 valence electrons. The zero-order valence-corrected chi connectivity index (χ0v) is 12.6. The Morgan fingerprint density at radius 2 is 2.10 bits per heavy atom. The Labute approximate surface area is 128 Å². The highest BCUT2D eigenvalue weighted by Crippen LogP contribution is 2.39. The summed E-state index contributed by atoms with van der Waals surface area (Å²) in [5, 5.41) is 6.25. The highest BCUT2D eigenvalue weighted by molar-refractivity contribution is 7.80. The van der Waals surface area contributed by atoms with Crippen molar-refractivity contribution in [3.8, 4) is 11.5 Å². The maximum Gasteiger partial charge on any atom is 0.228 e. The second kappa shape index (κ2) is 6.01. The number of hydrogen-bond donors (Lipinski definition) is 3. The van der Waals surface area contributed by atoms with E-state index in [1.807, 2.05) is 12.1 Å². The van der Waals surface area contributed by atoms with E-state index in [-0.39, 0.29) is 0 Å². The first-order valence-corrected chi connectivity index (χ1v) is 6.67. The number of ether oxygens (including phenoxy) is 2. The van der Waals surface area contributed by atoms with Crippen LogP contribution in [0.15, 0.2) is 30.5 Å². The lowest BCUT2D eigenvalue weighted by Gasteiger charge is -2.35. The van der Waals surface area contributed by atoms with E-state index in [1.54, 1.807) is 13.2 Å². The summed E-state index contributed by atoms with van der Waals surface area (Å²) in [4.78, 5) is 11.8. The van der Waals surface area contributed by atoms with Gasteiger partial charge in [-0.05, 0) is 18.3 Å². The van der Waals surface area contributed by atoms with Crippen LogP contribution in [0.3, 0.4) is 0 Å². The van der Waals surface area contributed by atoms with Gasteiger partial charge in [0.2, 0.25) is 5.91 Å². The van der Waals surface area contributed by atoms with Gasteiger partial charge in [-0.3, -0.25) is 4.79 Å². The van der Waals surface area contributed by atoms with E-state index >= 15 is 0 Å². The van der Waals surface area contributed by atoms with Crippen molar-refractivity contribution >= 4 is 23.2 Å². The molecule has 1 aliphatic rings. The van der Waals surface area contributed by atoms with Crippen LogP contribution in [-0.4, -0.2) is 25.2 Å². The molecule has 7 heteroatoms. The number of primary amides is 1. The third-order valence-electron chi connectivity index (χ3n) is 3.34. The third kappa shape index (κ3) is 2.78. The highest BCUT2D eigenvalue weighted by atomic mass is 32.1. The molecule has 2 atom stereocenters. The molecule has 4 N–H and O–H groups in total. The minimum Gasteiger partial charge on any atom is -0.493 e. The van der Waals surface area contributed by atoms with Crippen LogP contribution in [0.2, 0.25) is 0 Å². The first-order valence-electron chi connectivity index (χ1n) is 6.26. The monoisotopic (exact) mass is 307 g/mol. The number of rotatable bonds is 4. The second-order valence-electron chi connectivity index (χ2n) is 4.56. The fourth-order valence-corrected chi connectivity index (χ4v) is 2.69. The lowest BCUT2D eigenvalue weighted by molar-refractivity contribution is -0.121. The normalized spacial score (nSPS) is 21.2. The van der Waals surface area contributed by atoms with Gasteiger partial charge in [0.15, 0.2) is 16.6 Å². The quantitative estimate of drug-likeness (QED) is 0.715. The summed E-state index contributed by atoms with van der Waals surface area (Å²) in [6, 6.07) is 4.95. The lowest BCUT2D eigenvalue weighted by atomic mass is 9.88. The van der Waals surface area contributed by atoms with Crippen LogP contribution in [-0.2, 0) is 4.79 Å². The van der Waals surface area contributed by atoms with Gasteiger partial charge in [0.05, 0.1) is 20.3 Å². The summed E-state index contributed by atoms with van der Waals surface area (Å²) < 4.78 is 10.7. The Hall–Kier alpha value is -2.28. The van der Waals surface area contributed by atoms with Gasteiger partial charge in [-0.2, -0.15) is 0 Å². The molecule has 0 saturated carbocycles. The molecular formula is C14H17N3O3S. The number of nitrogens with one attached hydrogen (secondary N) is 2. The molecule has 0 aromatic heterocycles. The first-order chi connectivity index (χ1) is 9.99. The van der Waals surface area contributed by atoms with E-state index < -0.39 is 17.9 Å². The SMILES string of the molecule is C=C1NC(=S)NC(c2cccc(OC)c2OC)C1C(N)=O. The summed E-state index contributed by atoms with van der Waals surface area (Å²) >= 11 is 5.13. The molecule has 1 aromatic rings. The summed E-state index contributed by atoms with van der Waals surface area (Å²) in [6.45, 7) is 3.83. The minimum atomic E-state index is -0.655. The molecule has 0 spiro atoms. The maximum absolute atomic E-state index is 11.8. The van der Waals surface area contributed by atoms with Gasteiger partial charge in [-0.25, -0.2) is 0 Å². The molecule has 2 rings (SSSR count). The van der Waals surface area contributed by atoms with Crippen LogP contribution >= 0.6 is 12.2 Å². The van der Waals surface area contributed by atoms with Crippen LogP contribution in [0, 0.1) is 5.92 Å². The Morgan fingerprint density at radius 1 is 1.38 bits per heavy atom. The Kier molecular flexibility index (Phi) is 4.32. The highest BCUT2D eigenvalue weighted by Gasteiger charge is 2.37. The molecule has 1 amide bonds. The molecule has 6 nitrogen and oxygen atoms in total. The van der Waals surface area contributed by atoms with Crippen molar-refractivity contribution in [3.05, 3.63) is 36.0 Å². The summed E-state index contributed by atoms with van der Waals surface area (Å²) in [7, 11) is 3.08. The van der Waals surface area contributed by atoms with E-state index in [4.69, 9.17) is 27.4 Å². The van der Waals surface area contributed by atoms with Crippen LogP contribution < -0.4 is 25.8 Å². The molecule has 1 fully saturated rings.